The maximum absolute atomic E-state index is 12.7. The maximum Gasteiger partial charge on any atom is 0.403 e. The number of hydrogen-bond acceptors (Lipinski definition) is 2. The van der Waals surface area contributed by atoms with Gasteiger partial charge in [0.05, 0.1) is 0 Å². The van der Waals surface area contributed by atoms with Gasteiger partial charge in [0.25, 0.3) is 0 Å². The Kier molecular flexibility index (Phi) is 5.56. The molecule has 0 saturated heterocycles. The van der Waals surface area contributed by atoms with E-state index >= 15 is 0 Å². The maximum atomic E-state index is 12.7. The van der Waals surface area contributed by atoms with Gasteiger partial charge in [0, 0.05) is 19.1 Å². The van der Waals surface area contributed by atoms with Crippen molar-refractivity contribution in [2.45, 2.75) is 32.6 Å². The van der Waals surface area contributed by atoms with Crippen molar-refractivity contribution in [3.05, 3.63) is 35.9 Å². The second kappa shape index (κ2) is 6.74. The molecule has 6 heteroatoms. The summed E-state index contributed by atoms with van der Waals surface area (Å²) in [5.41, 5.74) is 0.854. The van der Waals surface area contributed by atoms with E-state index in [4.69, 9.17) is 5.11 Å². The van der Waals surface area contributed by atoms with Gasteiger partial charge in [0.1, 0.15) is 0 Å². The van der Waals surface area contributed by atoms with Crippen molar-refractivity contribution in [3.63, 3.8) is 0 Å². The van der Waals surface area contributed by atoms with Crippen LogP contribution in [0.4, 0.5) is 13.2 Å². The molecule has 0 aliphatic rings. The van der Waals surface area contributed by atoms with Crippen molar-refractivity contribution in [3.8, 4) is 0 Å². The zero-order valence-electron chi connectivity index (χ0n) is 11.4. The SMILES string of the molecule is CC(C)N(Cc1ccccc1)CC(C(=O)O)C(F)(F)F. The van der Waals surface area contributed by atoms with Crippen LogP contribution in [-0.2, 0) is 11.3 Å². The summed E-state index contributed by atoms with van der Waals surface area (Å²) in [5, 5.41) is 8.76. The Labute approximate surface area is 116 Å². The van der Waals surface area contributed by atoms with Gasteiger partial charge in [-0.1, -0.05) is 30.3 Å². The molecule has 0 amide bonds. The van der Waals surface area contributed by atoms with Crippen LogP contribution in [0, 0.1) is 5.92 Å². The van der Waals surface area contributed by atoms with Crippen molar-refractivity contribution >= 4 is 5.97 Å². The lowest BCUT2D eigenvalue weighted by molar-refractivity contribution is -0.197. The van der Waals surface area contributed by atoms with Gasteiger partial charge in [-0.3, -0.25) is 9.69 Å². The highest BCUT2D eigenvalue weighted by molar-refractivity contribution is 5.71. The summed E-state index contributed by atoms with van der Waals surface area (Å²) < 4.78 is 38.2. The number of benzene rings is 1. The Bertz CT molecular complexity index is 432. The van der Waals surface area contributed by atoms with Crippen LogP contribution in [0.3, 0.4) is 0 Å². The molecule has 1 atom stereocenters. The monoisotopic (exact) mass is 289 g/mol. The third kappa shape index (κ3) is 4.85. The van der Waals surface area contributed by atoms with Gasteiger partial charge in [-0.05, 0) is 19.4 Å². The number of carboxylic acid groups (broad SMARTS) is 1. The molecule has 1 rings (SSSR count). The van der Waals surface area contributed by atoms with E-state index in [2.05, 4.69) is 0 Å². The Balaban J connectivity index is 2.84. The Hall–Kier alpha value is -1.56. The fraction of sp³-hybridized carbons (Fsp3) is 0.500. The summed E-state index contributed by atoms with van der Waals surface area (Å²) >= 11 is 0. The number of aliphatic carboxylic acids is 1. The quantitative estimate of drug-likeness (QED) is 0.874. The molecule has 1 aromatic carbocycles. The van der Waals surface area contributed by atoms with E-state index < -0.39 is 24.6 Å². The van der Waals surface area contributed by atoms with E-state index in [-0.39, 0.29) is 6.04 Å². The largest absolute Gasteiger partial charge is 0.481 e. The fourth-order valence-electron chi connectivity index (χ4n) is 1.83. The molecule has 0 aliphatic carbocycles. The molecule has 0 radical (unpaired) electrons. The molecule has 0 bridgehead atoms. The second-order valence-electron chi connectivity index (χ2n) is 4.94. The van der Waals surface area contributed by atoms with Crippen LogP contribution in [0.2, 0.25) is 0 Å². The number of alkyl halides is 3. The minimum absolute atomic E-state index is 0.181. The smallest absolute Gasteiger partial charge is 0.403 e. The lowest BCUT2D eigenvalue weighted by Crippen LogP contribution is -2.43. The summed E-state index contributed by atoms with van der Waals surface area (Å²) in [7, 11) is 0. The number of nitrogens with zero attached hydrogens (tertiary/aromatic N) is 1. The second-order valence-corrected chi connectivity index (χ2v) is 4.94. The molecule has 0 saturated carbocycles. The molecule has 0 aliphatic heterocycles. The molecule has 20 heavy (non-hydrogen) atoms. The summed E-state index contributed by atoms with van der Waals surface area (Å²) in [6.07, 6.45) is -4.74. The summed E-state index contributed by atoms with van der Waals surface area (Å²) in [4.78, 5) is 12.3. The first-order chi connectivity index (χ1) is 9.21. The van der Waals surface area contributed by atoms with Gasteiger partial charge in [-0.25, -0.2) is 0 Å². The molecule has 3 nitrogen and oxygen atoms in total. The summed E-state index contributed by atoms with van der Waals surface area (Å²) in [5.74, 6) is -4.20. The standard InChI is InChI=1S/C14H18F3NO2/c1-10(2)18(8-11-6-4-3-5-7-11)9-12(13(19)20)14(15,16)17/h3-7,10,12H,8-9H2,1-2H3,(H,19,20). The molecule has 0 heterocycles. The van der Waals surface area contributed by atoms with Gasteiger partial charge in [0.2, 0.25) is 0 Å². The highest BCUT2D eigenvalue weighted by atomic mass is 19.4. The minimum atomic E-state index is -4.74. The molecule has 1 aromatic rings. The predicted molar refractivity (Wildman–Crippen MR) is 69.2 cm³/mol. The van der Waals surface area contributed by atoms with Crippen LogP contribution in [0.1, 0.15) is 19.4 Å². The van der Waals surface area contributed by atoms with Crippen LogP contribution in [-0.4, -0.2) is 34.7 Å². The highest BCUT2D eigenvalue weighted by Crippen LogP contribution is 2.28. The molecule has 0 fully saturated rings. The number of carbonyl (C=O) groups is 1. The lowest BCUT2D eigenvalue weighted by atomic mass is 10.1. The average molecular weight is 289 g/mol. The normalized spacial score (nSPS) is 13.8. The number of rotatable bonds is 6. The number of halogens is 3. The topological polar surface area (TPSA) is 40.5 Å². The first-order valence-corrected chi connectivity index (χ1v) is 6.29. The van der Waals surface area contributed by atoms with Gasteiger partial charge < -0.3 is 5.11 Å². The van der Waals surface area contributed by atoms with Crippen LogP contribution < -0.4 is 0 Å². The number of carboxylic acids is 1. The number of hydrogen-bond donors (Lipinski definition) is 1. The minimum Gasteiger partial charge on any atom is -0.481 e. The molecular formula is C14H18F3NO2. The first kappa shape index (κ1) is 16.5. The van der Waals surface area contributed by atoms with Crippen molar-refractivity contribution < 1.29 is 23.1 Å². The first-order valence-electron chi connectivity index (χ1n) is 6.29. The lowest BCUT2D eigenvalue weighted by Gasteiger charge is -2.30. The Morgan fingerprint density at radius 3 is 2.20 bits per heavy atom. The highest BCUT2D eigenvalue weighted by Gasteiger charge is 2.46. The van der Waals surface area contributed by atoms with Crippen LogP contribution >= 0.6 is 0 Å². The van der Waals surface area contributed by atoms with Crippen molar-refractivity contribution in [1.29, 1.82) is 0 Å². The van der Waals surface area contributed by atoms with E-state index in [1.165, 1.54) is 4.90 Å². The molecule has 1 N–H and O–H groups in total. The zero-order valence-corrected chi connectivity index (χ0v) is 11.4. The van der Waals surface area contributed by atoms with Crippen molar-refractivity contribution in [1.82, 2.24) is 4.90 Å². The summed E-state index contributed by atoms with van der Waals surface area (Å²) in [6.45, 7) is 3.24. The van der Waals surface area contributed by atoms with Crippen LogP contribution in [0.15, 0.2) is 30.3 Å². The van der Waals surface area contributed by atoms with E-state index in [0.717, 1.165) is 5.56 Å². The Morgan fingerprint density at radius 1 is 1.25 bits per heavy atom. The van der Waals surface area contributed by atoms with E-state index in [1.54, 1.807) is 38.1 Å². The van der Waals surface area contributed by atoms with Crippen molar-refractivity contribution in [2.75, 3.05) is 6.54 Å². The molecule has 112 valence electrons. The van der Waals surface area contributed by atoms with Gasteiger partial charge in [0.15, 0.2) is 5.92 Å². The van der Waals surface area contributed by atoms with Gasteiger partial charge >= 0.3 is 12.1 Å². The zero-order chi connectivity index (χ0) is 15.3. The molecule has 0 aromatic heterocycles. The van der Waals surface area contributed by atoms with Crippen molar-refractivity contribution in [2.24, 2.45) is 5.92 Å². The van der Waals surface area contributed by atoms with E-state index in [9.17, 15) is 18.0 Å². The average Bonchev–Trinajstić information content (AvgIpc) is 2.33. The fourth-order valence-corrected chi connectivity index (χ4v) is 1.83. The van der Waals surface area contributed by atoms with E-state index in [1.807, 2.05) is 6.07 Å². The predicted octanol–water partition coefficient (Wildman–Crippen LogP) is 3.16. The van der Waals surface area contributed by atoms with Crippen LogP contribution in [0.25, 0.3) is 0 Å². The summed E-state index contributed by atoms with van der Waals surface area (Å²) in [6, 6.07) is 8.84. The van der Waals surface area contributed by atoms with E-state index in [0.29, 0.717) is 6.54 Å². The molecule has 0 spiro atoms. The van der Waals surface area contributed by atoms with Gasteiger partial charge in [-0.15, -0.1) is 0 Å². The van der Waals surface area contributed by atoms with Crippen LogP contribution in [0.5, 0.6) is 0 Å². The third-order valence-electron chi connectivity index (χ3n) is 3.07. The third-order valence-corrected chi connectivity index (χ3v) is 3.07. The molecular weight excluding hydrogens is 271 g/mol. The molecule has 1 unspecified atom stereocenters. The Morgan fingerprint density at radius 2 is 1.80 bits per heavy atom. The van der Waals surface area contributed by atoms with Gasteiger partial charge in [-0.2, -0.15) is 13.2 Å².